The second-order valence-corrected chi connectivity index (χ2v) is 10.4. The number of nitrogens with zero attached hydrogens (tertiary/aromatic N) is 1. The van der Waals surface area contributed by atoms with E-state index in [9.17, 15) is 14.4 Å². The van der Waals surface area contributed by atoms with Gasteiger partial charge in [-0.1, -0.05) is 56.0 Å². The predicted molar refractivity (Wildman–Crippen MR) is 129 cm³/mol. The second kappa shape index (κ2) is 8.84. The van der Waals surface area contributed by atoms with E-state index >= 15 is 0 Å². The lowest BCUT2D eigenvalue weighted by Crippen LogP contribution is -2.58. The quantitative estimate of drug-likeness (QED) is 0.631. The fourth-order valence-electron chi connectivity index (χ4n) is 6.27. The highest BCUT2D eigenvalue weighted by molar-refractivity contribution is 6.02. The van der Waals surface area contributed by atoms with Gasteiger partial charge in [-0.05, 0) is 45.2 Å². The van der Waals surface area contributed by atoms with E-state index in [1.54, 1.807) is 4.90 Å². The minimum Gasteiger partial charge on any atom is -0.359 e. The molecule has 1 aromatic carbocycles. The molecule has 1 aliphatic carbocycles. The van der Waals surface area contributed by atoms with Gasteiger partial charge in [0.15, 0.2) is 0 Å². The number of amides is 3. The molecule has 2 N–H and O–H groups in total. The van der Waals surface area contributed by atoms with E-state index in [1.807, 2.05) is 57.2 Å². The maximum atomic E-state index is 13.8. The number of fused-ring (bicyclic) bond motifs is 1. The summed E-state index contributed by atoms with van der Waals surface area (Å²) >= 11 is 0. The van der Waals surface area contributed by atoms with E-state index in [-0.39, 0.29) is 29.8 Å². The van der Waals surface area contributed by atoms with E-state index in [0.717, 1.165) is 37.7 Å². The molecule has 3 heterocycles. The van der Waals surface area contributed by atoms with Crippen molar-refractivity contribution in [2.24, 2.45) is 11.8 Å². The summed E-state index contributed by atoms with van der Waals surface area (Å²) in [7, 11) is 0. The van der Waals surface area contributed by atoms with E-state index in [0.29, 0.717) is 5.69 Å². The first-order valence-corrected chi connectivity index (χ1v) is 12.7. The van der Waals surface area contributed by atoms with Crippen LogP contribution in [-0.2, 0) is 19.1 Å². The van der Waals surface area contributed by atoms with Crippen LogP contribution in [0.15, 0.2) is 36.4 Å². The Bertz CT molecular complexity index is 1000. The molecule has 1 spiro atoms. The van der Waals surface area contributed by atoms with Gasteiger partial charge in [0.1, 0.15) is 11.6 Å². The highest BCUT2D eigenvalue weighted by atomic mass is 16.5. The van der Waals surface area contributed by atoms with Gasteiger partial charge in [0.2, 0.25) is 17.7 Å². The molecule has 1 aromatic rings. The minimum absolute atomic E-state index is 0.133. The molecule has 34 heavy (non-hydrogen) atoms. The van der Waals surface area contributed by atoms with Crippen LogP contribution in [0, 0.1) is 18.8 Å². The maximum Gasteiger partial charge on any atom is 0.246 e. The van der Waals surface area contributed by atoms with Crippen molar-refractivity contribution < 1.29 is 19.1 Å². The Hall–Kier alpha value is -2.67. The summed E-state index contributed by atoms with van der Waals surface area (Å²) in [5.41, 5.74) is 0.691. The van der Waals surface area contributed by atoms with Gasteiger partial charge in [0.25, 0.3) is 0 Å². The molecular formula is C27H35N3O4. The summed E-state index contributed by atoms with van der Waals surface area (Å²) in [6.45, 7) is 5.96. The number of carbonyl (C=O) groups is 3. The van der Waals surface area contributed by atoms with Crippen LogP contribution in [0.4, 0.5) is 5.69 Å². The first-order valence-electron chi connectivity index (χ1n) is 12.7. The molecule has 1 saturated carbocycles. The van der Waals surface area contributed by atoms with Gasteiger partial charge in [-0.3, -0.25) is 14.4 Å². The average molecular weight is 466 g/mol. The number of carbonyl (C=O) groups excluding carboxylic acids is 3. The number of hydrogen-bond acceptors (Lipinski definition) is 4. The van der Waals surface area contributed by atoms with Crippen molar-refractivity contribution in [1.29, 1.82) is 0 Å². The van der Waals surface area contributed by atoms with Crippen LogP contribution in [0.2, 0.25) is 0 Å². The molecule has 2 bridgehead atoms. The molecule has 0 unspecified atom stereocenters. The summed E-state index contributed by atoms with van der Waals surface area (Å²) in [5, 5.41) is 6.19. The fraction of sp³-hybridized carbons (Fsp3) is 0.593. The molecule has 5 rings (SSSR count). The Kier molecular flexibility index (Phi) is 6.00. The standard InChI is InChI=1S/C27H35N3O4/c1-4-17(3)30-23(25(32)29-18-8-6-5-7-9-18)27-15-14-20(34-27)21(22(27)26(30)33)24(31)28-19-12-10-16(2)11-13-19/h10-15,17-18,20-23H,4-9H2,1-3H3,(H,28,31)(H,29,32)/t17-,20+,21+,22+,23+,27-/m0/s1. The third kappa shape index (κ3) is 3.65. The van der Waals surface area contributed by atoms with Crippen LogP contribution in [0.25, 0.3) is 0 Å². The lowest BCUT2D eigenvalue weighted by atomic mass is 9.74. The summed E-state index contributed by atoms with van der Waals surface area (Å²) in [5.74, 6) is -1.93. The van der Waals surface area contributed by atoms with Crippen LogP contribution in [0.5, 0.6) is 0 Å². The smallest absolute Gasteiger partial charge is 0.246 e. The lowest BCUT2D eigenvalue weighted by Gasteiger charge is -2.36. The first kappa shape index (κ1) is 23.1. The van der Waals surface area contributed by atoms with Gasteiger partial charge < -0.3 is 20.3 Å². The molecule has 7 nitrogen and oxygen atoms in total. The third-order valence-corrected chi connectivity index (χ3v) is 8.20. The Balaban J connectivity index is 1.44. The molecule has 7 heteroatoms. The van der Waals surface area contributed by atoms with Crippen molar-refractivity contribution >= 4 is 23.4 Å². The number of benzene rings is 1. The van der Waals surface area contributed by atoms with E-state index in [4.69, 9.17) is 4.74 Å². The molecule has 3 fully saturated rings. The maximum absolute atomic E-state index is 13.8. The van der Waals surface area contributed by atoms with Crippen molar-refractivity contribution in [3.63, 3.8) is 0 Å². The summed E-state index contributed by atoms with van der Waals surface area (Å²) in [6.07, 6.45) is 9.30. The fourth-order valence-corrected chi connectivity index (χ4v) is 6.27. The number of ether oxygens (including phenoxy) is 1. The SMILES string of the molecule is CC[C@H](C)N1C(=O)[C@H]2[C@H](C(=O)Nc3ccc(C)cc3)[C@H]3C=C[C@@]2(O3)[C@H]1C(=O)NC1CCCCC1. The zero-order valence-electron chi connectivity index (χ0n) is 20.3. The zero-order valence-corrected chi connectivity index (χ0v) is 20.3. The Morgan fingerprint density at radius 3 is 2.53 bits per heavy atom. The number of anilines is 1. The zero-order chi connectivity index (χ0) is 24.0. The van der Waals surface area contributed by atoms with Crippen molar-refractivity contribution in [1.82, 2.24) is 10.2 Å². The van der Waals surface area contributed by atoms with Crippen molar-refractivity contribution in [2.75, 3.05) is 5.32 Å². The third-order valence-electron chi connectivity index (χ3n) is 8.20. The number of likely N-dealkylation sites (tertiary alicyclic amines) is 1. The molecule has 0 radical (unpaired) electrons. The average Bonchev–Trinajstić information content (AvgIpc) is 3.48. The Morgan fingerprint density at radius 1 is 1.15 bits per heavy atom. The predicted octanol–water partition coefficient (Wildman–Crippen LogP) is 3.33. The molecule has 4 aliphatic rings. The van der Waals surface area contributed by atoms with Crippen molar-refractivity contribution in [3.8, 4) is 0 Å². The van der Waals surface area contributed by atoms with Gasteiger partial charge in [-0.2, -0.15) is 0 Å². The largest absolute Gasteiger partial charge is 0.359 e. The van der Waals surface area contributed by atoms with Gasteiger partial charge in [0.05, 0.1) is 17.9 Å². The number of aryl methyl sites for hydroxylation is 1. The minimum atomic E-state index is -1.10. The van der Waals surface area contributed by atoms with Gasteiger partial charge in [0, 0.05) is 17.8 Å². The Morgan fingerprint density at radius 2 is 1.85 bits per heavy atom. The van der Waals surface area contributed by atoms with E-state index < -0.39 is 29.6 Å². The molecule has 0 aromatic heterocycles. The highest BCUT2D eigenvalue weighted by Gasteiger charge is 2.73. The Labute approximate surface area is 201 Å². The monoisotopic (exact) mass is 465 g/mol. The highest BCUT2D eigenvalue weighted by Crippen LogP contribution is 2.55. The topological polar surface area (TPSA) is 87.7 Å². The molecule has 182 valence electrons. The van der Waals surface area contributed by atoms with Crippen LogP contribution in [0.3, 0.4) is 0 Å². The molecule has 3 aliphatic heterocycles. The summed E-state index contributed by atoms with van der Waals surface area (Å²) in [4.78, 5) is 42.7. The molecule has 2 saturated heterocycles. The normalized spacial score (nSPS) is 33.1. The van der Waals surface area contributed by atoms with Crippen LogP contribution >= 0.6 is 0 Å². The molecular weight excluding hydrogens is 430 g/mol. The number of nitrogens with one attached hydrogen (secondary N) is 2. The van der Waals surface area contributed by atoms with Gasteiger partial charge in [-0.25, -0.2) is 0 Å². The van der Waals surface area contributed by atoms with Gasteiger partial charge in [-0.15, -0.1) is 0 Å². The molecule has 3 amide bonds. The second-order valence-electron chi connectivity index (χ2n) is 10.4. The van der Waals surface area contributed by atoms with Crippen LogP contribution in [0.1, 0.15) is 57.9 Å². The first-order chi connectivity index (χ1) is 16.4. The van der Waals surface area contributed by atoms with E-state index in [2.05, 4.69) is 10.6 Å². The lowest BCUT2D eigenvalue weighted by molar-refractivity contribution is -0.143. The van der Waals surface area contributed by atoms with Crippen LogP contribution in [-0.4, -0.2) is 52.5 Å². The van der Waals surface area contributed by atoms with Crippen molar-refractivity contribution in [3.05, 3.63) is 42.0 Å². The molecule has 6 atom stereocenters. The van der Waals surface area contributed by atoms with Crippen molar-refractivity contribution in [2.45, 2.75) is 89.1 Å². The van der Waals surface area contributed by atoms with Gasteiger partial charge >= 0.3 is 0 Å². The number of hydrogen-bond donors (Lipinski definition) is 2. The van der Waals surface area contributed by atoms with Crippen LogP contribution < -0.4 is 10.6 Å². The summed E-state index contributed by atoms with van der Waals surface area (Å²) < 4.78 is 6.40. The van der Waals surface area contributed by atoms with E-state index in [1.165, 1.54) is 6.42 Å². The number of rotatable bonds is 6. The summed E-state index contributed by atoms with van der Waals surface area (Å²) in [6, 6.07) is 6.82.